The molecular weight excluding hydrogens is 745 g/mol. The maximum absolute atomic E-state index is 14.3. The van der Waals surface area contributed by atoms with Crippen molar-refractivity contribution in [2.45, 2.75) is 149 Å². The van der Waals surface area contributed by atoms with E-state index in [4.69, 9.17) is 0 Å². The first-order valence-electron chi connectivity index (χ1n) is 22.2. The highest BCUT2D eigenvalue weighted by molar-refractivity contribution is 5.96. The first-order valence-corrected chi connectivity index (χ1v) is 22.2. The molecule has 4 N–H and O–H groups in total. The Hall–Kier alpha value is -4.22. The Morgan fingerprint density at radius 2 is 1.25 bits per heavy atom. The topological polar surface area (TPSA) is 162 Å². The second-order valence-electron chi connectivity index (χ2n) is 16.9. The van der Waals surface area contributed by atoms with Gasteiger partial charge in [0.25, 0.3) is 0 Å². The molecule has 0 aromatic heterocycles. The molecule has 1 saturated carbocycles. The van der Waals surface area contributed by atoms with E-state index in [0.29, 0.717) is 31.8 Å². The van der Waals surface area contributed by atoms with Gasteiger partial charge in [-0.1, -0.05) is 86.8 Å². The number of ketones is 3. The van der Waals surface area contributed by atoms with Gasteiger partial charge >= 0.3 is 0 Å². The van der Waals surface area contributed by atoms with E-state index in [1.54, 1.807) is 13.8 Å². The number of Topliss-reactive ketones (excluding diaryl/α,β-unsaturated/α-hetero) is 3. The van der Waals surface area contributed by atoms with Crippen LogP contribution in [-0.4, -0.2) is 88.9 Å². The normalized spacial score (nSPS) is 16.4. The van der Waals surface area contributed by atoms with Gasteiger partial charge in [0, 0.05) is 49.6 Å². The molecule has 0 spiro atoms. The number of unbranched alkanes of at least 4 members (excludes halogenated alkanes) is 1. The molecule has 1 fully saturated rings. The van der Waals surface area contributed by atoms with Crippen molar-refractivity contribution >= 4 is 35.1 Å². The Labute approximate surface area is 353 Å². The van der Waals surface area contributed by atoms with Crippen molar-refractivity contribution in [3.63, 3.8) is 0 Å². The lowest BCUT2D eigenvalue weighted by molar-refractivity contribution is -0.136. The van der Waals surface area contributed by atoms with Gasteiger partial charge in [0.05, 0.1) is 24.1 Å². The zero-order valence-corrected chi connectivity index (χ0v) is 36.5. The monoisotopic (exact) mass is 817 g/mol. The maximum Gasteiger partial charge on any atom is 0.226 e. The smallest absolute Gasteiger partial charge is 0.226 e. The number of aliphatic hydroxyl groups excluding tert-OH is 1. The van der Waals surface area contributed by atoms with Crippen LogP contribution in [-0.2, 0) is 41.6 Å². The van der Waals surface area contributed by atoms with E-state index in [-0.39, 0.29) is 54.9 Å². The summed E-state index contributed by atoms with van der Waals surface area (Å²) in [6.07, 6.45) is 5.77. The molecule has 2 aromatic carbocycles. The third kappa shape index (κ3) is 17.1. The highest BCUT2D eigenvalue weighted by Gasteiger charge is 2.34. The Kier molecular flexibility index (Phi) is 21.7. The highest BCUT2D eigenvalue weighted by atomic mass is 16.3. The molecule has 0 bridgehead atoms. The lowest BCUT2D eigenvalue weighted by atomic mass is 9.81. The van der Waals surface area contributed by atoms with Gasteiger partial charge in [-0.2, -0.15) is 0 Å². The number of carbonyl (C=O) groups excluding carboxylic acids is 6. The molecule has 0 radical (unpaired) electrons. The second kappa shape index (κ2) is 26.1. The van der Waals surface area contributed by atoms with Crippen molar-refractivity contribution in [3.8, 4) is 0 Å². The van der Waals surface area contributed by atoms with Crippen molar-refractivity contribution in [2.24, 2.45) is 23.7 Å². The summed E-state index contributed by atoms with van der Waals surface area (Å²) < 4.78 is 0. The summed E-state index contributed by atoms with van der Waals surface area (Å²) in [5, 5.41) is 19.0. The van der Waals surface area contributed by atoms with E-state index in [9.17, 15) is 33.9 Å². The molecule has 11 heteroatoms. The molecule has 0 aliphatic heterocycles. The number of hydrogen-bond donors (Lipinski definition) is 4. The molecular formula is C48H72N4O7. The van der Waals surface area contributed by atoms with Crippen molar-refractivity contribution < 1.29 is 33.9 Å². The van der Waals surface area contributed by atoms with Gasteiger partial charge in [0.2, 0.25) is 17.7 Å². The number of hydrogen-bond acceptors (Lipinski definition) is 8. The number of nitrogens with one attached hydrogen (secondary N) is 3. The first kappa shape index (κ1) is 49.1. The third-order valence-corrected chi connectivity index (χ3v) is 11.9. The Bertz CT molecular complexity index is 1610. The van der Waals surface area contributed by atoms with E-state index in [0.717, 1.165) is 62.7 Å². The molecule has 6 atom stereocenters. The lowest BCUT2D eigenvalue weighted by Gasteiger charge is -2.27. The predicted octanol–water partition coefficient (Wildman–Crippen LogP) is 6.19. The second-order valence-corrected chi connectivity index (χ2v) is 16.9. The zero-order valence-electron chi connectivity index (χ0n) is 36.5. The average Bonchev–Trinajstić information content (AvgIpc) is 3.22. The van der Waals surface area contributed by atoms with Crippen LogP contribution < -0.4 is 16.0 Å². The zero-order chi connectivity index (χ0) is 43.3. The van der Waals surface area contributed by atoms with Crippen molar-refractivity contribution in [3.05, 3.63) is 71.8 Å². The van der Waals surface area contributed by atoms with Gasteiger partial charge in [0.1, 0.15) is 5.78 Å². The quantitative estimate of drug-likeness (QED) is 0.0778. The Balaban J connectivity index is 1.81. The molecule has 0 saturated heterocycles. The number of aliphatic hydroxyl groups is 1. The third-order valence-electron chi connectivity index (χ3n) is 11.9. The first-order chi connectivity index (χ1) is 28.2. The van der Waals surface area contributed by atoms with Crippen LogP contribution in [0.4, 0.5) is 0 Å². The van der Waals surface area contributed by atoms with E-state index in [1.807, 2.05) is 60.7 Å². The van der Waals surface area contributed by atoms with Crippen LogP contribution in [0.25, 0.3) is 0 Å². The fraction of sp³-hybridized carbons (Fsp3) is 0.625. The predicted molar refractivity (Wildman–Crippen MR) is 232 cm³/mol. The molecule has 1 aliphatic carbocycles. The minimum absolute atomic E-state index is 0.0423. The molecule has 0 heterocycles. The van der Waals surface area contributed by atoms with Gasteiger partial charge in [-0.05, 0) is 104 Å². The fourth-order valence-corrected chi connectivity index (χ4v) is 8.17. The molecule has 2 aromatic rings. The molecule has 1 aliphatic rings. The minimum atomic E-state index is -1.08. The van der Waals surface area contributed by atoms with Crippen LogP contribution in [0.1, 0.15) is 123 Å². The Morgan fingerprint density at radius 1 is 0.695 bits per heavy atom. The molecule has 11 nitrogen and oxygen atoms in total. The molecule has 59 heavy (non-hydrogen) atoms. The lowest BCUT2D eigenvalue weighted by Crippen LogP contribution is -2.48. The van der Waals surface area contributed by atoms with E-state index in [2.05, 4.69) is 41.6 Å². The molecule has 326 valence electrons. The summed E-state index contributed by atoms with van der Waals surface area (Å²) >= 11 is 0. The van der Waals surface area contributed by atoms with Gasteiger partial charge in [-0.3, -0.25) is 28.8 Å². The summed E-state index contributed by atoms with van der Waals surface area (Å²) in [5.41, 5.74) is 1.77. The van der Waals surface area contributed by atoms with Gasteiger partial charge in [0.15, 0.2) is 11.6 Å². The van der Waals surface area contributed by atoms with Gasteiger partial charge in [-0.15, -0.1) is 0 Å². The average molecular weight is 817 g/mol. The van der Waals surface area contributed by atoms with E-state index in [1.165, 1.54) is 6.92 Å². The van der Waals surface area contributed by atoms with Crippen LogP contribution >= 0.6 is 0 Å². The van der Waals surface area contributed by atoms with Crippen LogP contribution in [0, 0.1) is 23.7 Å². The summed E-state index contributed by atoms with van der Waals surface area (Å²) in [7, 11) is 0. The van der Waals surface area contributed by atoms with E-state index >= 15 is 0 Å². The molecule has 3 rings (SSSR count). The summed E-state index contributed by atoms with van der Waals surface area (Å²) in [5.74, 6) is -4.39. The summed E-state index contributed by atoms with van der Waals surface area (Å²) in [4.78, 5) is 84.6. The SMILES string of the molecule is CCNC(=O)C(CC(=O)[C@H](CCCCN(CC)C(C)C)NC(=O)C(CC(=O)[C@H](C)NC(=O)C(CC(=O)C1CCCCC1)Cc1ccccc1)Cc1ccccc1)[C@@H](C)O. The van der Waals surface area contributed by atoms with Gasteiger partial charge in [-0.25, -0.2) is 0 Å². The van der Waals surface area contributed by atoms with Crippen LogP contribution in [0.5, 0.6) is 0 Å². The van der Waals surface area contributed by atoms with Crippen LogP contribution in [0.15, 0.2) is 60.7 Å². The van der Waals surface area contributed by atoms with E-state index < -0.39 is 47.8 Å². The van der Waals surface area contributed by atoms with Crippen LogP contribution in [0.2, 0.25) is 0 Å². The van der Waals surface area contributed by atoms with Crippen LogP contribution in [0.3, 0.4) is 0 Å². The number of carbonyl (C=O) groups is 6. The molecule has 3 unspecified atom stereocenters. The fourth-order valence-electron chi connectivity index (χ4n) is 8.17. The summed E-state index contributed by atoms with van der Waals surface area (Å²) in [6.45, 7) is 13.3. The summed E-state index contributed by atoms with van der Waals surface area (Å²) in [6, 6.07) is 17.4. The number of benzene rings is 2. The number of nitrogens with zero attached hydrogens (tertiary/aromatic N) is 1. The number of amides is 3. The Morgan fingerprint density at radius 3 is 1.78 bits per heavy atom. The minimum Gasteiger partial charge on any atom is -0.393 e. The largest absolute Gasteiger partial charge is 0.393 e. The van der Waals surface area contributed by atoms with Crippen molar-refractivity contribution in [1.82, 2.24) is 20.9 Å². The van der Waals surface area contributed by atoms with Crippen molar-refractivity contribution in [2.75, 3.05) is 19.6 Å². The standard InChI is InChI=1S/C48H72N4O7/c1-7-49-48(59)41(35(6)53)32-45(56)42(26-18-19-27-52(8-2)33(3)4)51-47(58)39(28-36-20-12-9-13-21-36)30-43(54)34(5)50-46(57)40(29-37-22-14-10-15-23-37)31-44(55)38-24-16-11-17-25-38/h9-10,12-15,20-23,33-35,38-42,53H,7-8,11,16-19,24-32H2,1-6H3,(H,49,59)(H,50,57)(H,51,58)/t34-,35+,39?,40?,41?,42-/m0/s1. The number of rotatable bonds is 27. The maximum atomic E-state index is 14.3. The molecule has 3 amide bonds. The van der Waals surface area contributed by atoms with Gasteiger partial charge < -0.3 is 26.0 Å². The van der Waals surface area contributed by atoms with Crippen molar-refractivity contribution in [1.29, 1.82) is 0 Å². The highest BCUT2D eigenvalue weighted by Crippen LogP contribution is 2.28.